The number of halogens is 3. The summed E-state index contributed by atoms with van der Waals surface area (Å²) in [5.74, 6) is 0.486. The maximum atomic E-state index is 12.9. The number of nitrogens with one attached hydrogen (secondary N) is 1. The number of aromatic nitrogens is 1. The average Bonchev–Trinajstić information content (AvgIpc) is 2.85. The molecule has 35 heavy (non-hydrogen) atoms. The SMILES string of the molecule is CC(NC(=O)CN1CCN(c2ccc(C(F)(F)F)cn2)CC1)C(c1ccccc1)N1CCOCC1. The molecule has 4 rings (SSSR count). The van der Waals surface area contributed by atoms with Gasteiger partial charge in [0.15, 0.2) is 0 Å². The van der Waals surface area contributed by atoms with Crippen LogP contribution in [0.5, 0.6) is 0 Å². The molecule has 0 bridgehead atoms. The van der Waals surface area contributed by atoms with Crippen molar-refractivity contribution in [3.63, 3.8) is 0 Å². The lowest BCUT2D eigenvalue weighted by atomic mass is 9.98. The molecule has 2 aliphatic rings. The summed E-state index contributed by atoms with van der Waals surface area (Å²) in [5, 5.41) is 3.19. The van der Waals surface area contributed by atoms with E-state index in [9.17, 15) is 18.0 Å². The fraction of sp³-hybridized carbons (Fsp3) is 0.520. The highest BCUT2D eigenvalue weighted by Crippen LogP contribution is 2.29. The Labute approximate surface area is 203 Å². The summed E-state index contributed by atoms with van der Waals surface area (Å²) in [6, 6.07) is 12.7. The van der Waals surface area contributed by atoms with Crippen molar-refractivity contribution < 1.29 is 22.7 Å². The lowest BCUT2D eigenvalue weighted by Crippen LogP contribution is -2.52. The summed E-state index contributed by atoms with van der Waals surface area (Å²) < 4.78 is 43.8. The van der Waals surface area contributed by atoms with E-state index in [1.54, 1.807) is 0 Å². The van der Waals surface area contributed by atoms with E-state index in [1.165, 1.54) is 11.6 Å². The largest absolute Gasteiger partial charge is 0.417 e. The van der Waals surface area contributed by atoms with Gasteiger partial charge in [-0.05, 0) is 24.6 Å². The maximum absolute atomic E-state index is 12.9. The molecule has 3 heterocycles. The molecule has 1 aromatic carbocycles. The van der Waals surface area contributed by atoms with Gasteiger partial charge in [0, 0.05) is 51.5 Å². The van der Waals surface area contributed by atoms with E-state index in [2.05, 4.69) is 32.2 Å². The van der Waals surface area contributed by atoms with Gasteiger partial charge in [-0.15, -0.1) is 0 Å². The fourth-order valence-corrected chi connectivity index (χ4v) is 4.78. The molecule has 0 saturated carbocycles. The molecule has 0 spiro atoms. The van der Waals surface area contributed by atoms with Gasteiger partial charge in [0.2, 0.25) is 5.91 Å². The topological polar surface area (TPSA) is 60.9 Å². The average molecular weight is 492 g/mol. The standard InChI is InChI=1S/C25H32F3N5O2/c1-19(24(20-5-3-2-4-6-20)33-13-15-35-16-14-33)30-23(34)18-31-9-11-32(12-10-31)22-8-7-21(17-29-22)25(26,27)28/h2-8,17,19,24H,9-16,18H2,1H3,(H,30,34). The van der Waals surface area contributed by atoms with Gasteiger partial charge in [-0.25, -0.2) is 4.98 Å². The lowest BCUT2D eigenvalue weighted by molar-refractivity contribution is -0.137. The summed E-state index contributed by atoms with van der Waals surface area (Å²) in [5.41, 5.74) is 0.413. The zero-order valence-corrected chi connectivity index (χ0v) is 19.9. The first kappa shape index (κ1) is 25.4. The minimum Gasteiger partial charge on any atom is -0.379 e. The molecule has 10 heteroatoms. The number of alkyl halides is 3. The van der Waals surface area contributed by atoms with Crippen LogP contribution in [-0.2, 0) is 15.7 Å². The summed E-state index contributed by atoms with van der Waals surface area (Å²) in [6.07, 6.45) is -3.52. The predicted molar refractivity (Wildman–Crippen MR) is 127 cm³/mol. The van der Waals surface area contributed by atoms with E-state index in [4.69, 9.17) is 4.74 Å². The van der Waals surface area contributed by atoms with Gasteiger partial charge in [0.05, 0.1) is 31.4 Å². The van der Waals surface area contributed by atoms with Crippen LogP contribution in [0, 0.1) is 0 Å². The van der Waals surface area contributed by atoms with Crippen LogP contribution in [0.2, 0.25) is 0 Å². The van der Waals surface area contributed by atoms with Gasteiger partial charge in [-0.1, -0.05) is 30.3 Å². The number of carbonyl (C=O) groups is 1. The van der Waals surface area contributed by atoms with Gasteiger partial charge in [-0.3, -0.25) is 14.6 Å². The molecule has 7 nitrogen and oxygen atoms in total. The number of morpholine rings is 1. The Morgan fingerprint density at radius 1 is 1.03 bits per heavy atom. The Hall–Kier alpha value is -2.69. The molecule has 2 aliphatic heterocycles. The van der Waals surface area contributed by atoms with Crippen LogP contribution in [0.15, 0.2) is 48.7 Å². The van der Waals surface area contributed by atoms with E-state index < -0.39 is 11.7 Å². The number of benzene rings is 1. The second-order valence-electron chi connectivity index (χ2n) is 9.03. The van der Waals surface area contributed by atoms with Gasteiger partial charge < -0.3 is 15.0 Å². The number of piperazine rings is 1. The van der Waals surface area contributed by atoms with Crippen molar-refractivity contribution in [1.82, 2.24) is 20.1 Å². The van der Waals surface area contributed by atoms with Gasteiger partial charge in [-0.2, -0.15) is 13.2 Å². The smallest absolute Gasteiger partial charge is 0.379 e. The van der Waals surface area contributed by atoms with Crippen LogP contribution in [0.25, 0.3) is 0 Å². The number of nitrogens with zero attached hydrogens (tertiary/aromatic N) is 4. The van der Waals surface area contributed by atoms with E-state index in [0.717, 1.165) is 25.4 Å². The molecule has 2 aromatic rings. The summed E-state index contributed by atoms with van der Waals surface area (Å²) >= 11 is 0. The lowest BCUT2D eigenvalue weighted by Gasteiger charge is -2.39. The number of ether oxygens (including phenoxy) is 1. The second kappa shape index (κ2) is 11.4. The van der Waals surface area contributed by atoms with Crippen molar-refractivity contribution in [3.05, 3.63) is 59.8 Å². The van der Waals surface area contributed by atoms with Crippen molar-refractivity contribution in [2.45, 2.75) is 25.2 Å². The first-order chi connectivity index (χ1) is 16.8. The predicted octanol–water partition coefficient (Wildman–Crippen LogP) is 2.80. The van der Waals surface area contributed by atoms with Crippen molar-refractivity contribution in [1.29, 1.82) is 0 Å². The first-order valence-corrected chi connectivity index (χ1v) is 12.0. The van der Waals surface area contributed by atoms with Gasteiger partial charge in [0.1, 0.15) is 5.82 Å². The summed E-state index contributed by atoms with van der Waals surface area (Å²) in [4.78, 5) is 23.2. The van der Waals surface area contributed by atoms with Crippen molar-refractivity contribution in [2.24, 2.45) is 0 Å². The Bertz CT molecular complexity index is 944. The number of carbonyl (C=O) groups excluding carboxylic acids is 1. The molecule has 2 fully saturated rings. The number of hydrogen-bond acceptors (Lipinski definition) is 6. The quantitative estimate of drug-likeness (QED) is 0.643. The minimum atomic E-state index is -4.39. The van der Waals surface area contributed by atoms with Gasteiger partial charge >= 0.3 is 6.18 Å². The second-order valence-corrected chi connectivity index (χ2v) is 9.03. The van der Waals surface area contributed by atoms with Crippen LogP contribution in [0.4, 0.5) is 19.0 Å². The van der Waals surface area contributed by atoms with Crippen LogP contribution in [0.3, 0.4) is 0 Å². The highest BCUT2D eigenvalue weighted by Gasteiger charge is 2.32. The zero-order valence-electron chi connectivity index (χ0n) is 19.9. The van der Waals surface area contributed by atoms with E-state index in [0.29, 0.717) is 45.2 Å². The Morgan fingerprint density at radius 2 is 1.71 bits per heavy atom. The van der Waals surface area contributed by atoms with E-state index in [-0.39, 0.29) is 24.5 Å². The van der Waals surface area contributed by atoms with Crippen LogP contribution in [0.1, 0.15) is 24.1 Å². The number of rotatable bonds is 7. The van der Waals surface area contributed by atoms with E-state index in [1.807, 2.05) is 30.0 Å². The summed E-state index contributed by atoms with van der Waals surface area (Å²) in [7, 11) is 0. The zero-order chi connectivity index (χ0) is 24.8. The minimum absolute atomic E-state index is 0.0344. The molecule has 190 valence electrons. The third-order valence-corrected chi connectivity index (χ3v) is 6.58. The molecule has 1 N–H and O–H groups in total. The van der Waals surface area contributed by atoms with Crippen LogP contribution in [-0.4, -0.2) is 85.8 Å². The van der Waals surface area contributed by atoms with Crippen LogP contribution >= 0.6 is 0 Å². The normalized spacial score (nSPS) is 19.8. The van der Waals surface area contributed by atoms with Gasteiger partial charge in [0.25, 0.3) is 0 Å². The monoisotopic (exact) mass is 491 g/mol. The molecule has 0 aliphatic carbocycles. The molecule has 0 radical (unpaired) electrons. The third-order valence-electron chi connectivity index (χ3n) is 6.58. The molecule has 2 saturated heterocycles. The molecular weight excluding hydrogens is 459 g/mol. The number of anilines is 1. The highest BCUT2D eigenvalue weighted by atomic mass is 19.4. The Morgan fingerprint density at radius 3 is 2.31 bits per heavy atom. The van der Waals surface area contributed by atoms with E-state index >= 15 is 0 Å². The highest BCUT2D eigenvalue weighted by molar-refractivity contribution is 5.78. The third kappa shape index (κ3) is 6.71. The van der Waals surface area contributed by atoms with Crippen molar-refractivity contribution in [3.8, 4) is 0 Å². The molecule has 2 atom stereocenters. The molecule has 1 aromatic heterocycles. The maximum Gasteiger partial charge on any atom is 0.417 e. The molecular formula is C25H32F3N5O2. The summed E-state index contributed by atoms with van der Waals surface area (Å²) in [6.45, 7) is 7.79. The number of pyridine rings is 1. The first-order valence-electron chi connectivity index (χ1n) is 12.0. The molecule has 1 amide bonds. The van der Waals surface area contributed by atoms with Crippen molar-refractivity contribution in [2.75, 3.05) is 63.9 Å². The molecule has 2 unspecified atom stereocenters. The number of amides is 1. The number of hydrogen-bond donors (Lipinski definition) is 1. The van der Waals surface area contributed by atoms with Crippen molar-refractivity contribution >= 4 is 11.7 Å². The Kier molecular flexibility index (Phi) is 8.25. The van der Waals surface area contributed by atoms with Crippen LogP contribution < -0.4 is 10.2 Å². The Balaban J connectivity index is 1.29. The fourth-order valence-electron chi connectivity index (χ4n) is 4.78.